The summed E-state index contributed by atoms with van der Waals surface area (Å²) in [6.07, 6.45) is 0.379. The summed E-state index contributed by atoms with van der Waals surface area (Å²) in [4.78, 5) is 15.8. The summed E-state index contributed by atoms with van der Waals surface area (Å²) in [5, 5.41) is 2.13. The Labute approximate surface area is 218 Å². The van der Waals surface area contributed by atoms with Gasteiger partial charge in [-0.25, -0.2) is 12.8 Å². The second-order valence-corrected chi connectivity index (χ2v) is 11.5. The third-order valence-electron chi connectivity index (χ3n) is 5.14. The Morgan fingerprint density at radius 3 is 2.49 bits per heavy atom. The van der Waals surface area contributed by atoms with Crippen LogP contribution in [0.5, 0.6) is 0 Å². The molecule has 3 aromatic rings. The van der Waals surface area contributed by atoms with Crippen molar-refractivity contribution in [1.29, 1.82) is 0 Å². The van der Waals surface area contributed by atoms with E-state index in [4.69, 9.17) is 27.9 Å². The Bertz CT molecular complexity index is 1220. The van der Waals surface area contributed by atoms with Crippen LogP contribution < -0.4 is 0 Å². The van der Waals surface area contributed by atoms with Gasteiger partial charge in [0.1, 0.15) is 10.7 Å². The molecule has 0 atom stereocenters. The fourth-order valence-corrected chi connectivity index (χ4v) is 6.25. The minimum atomic E-state index is -4.14. The minimum Gasteiger partial charge on any atom is -0.385 e. The van der Waals surface area contributed by atoms with E-state index in [1.807, 2.05) is 17.5 Å². The molecule has 0 bridgehead atoms. The van der Waals surface area contributed by atoms with E-state index in [9.17, 15) is 17.6 Å². The van der Waals surface area contributed by atoms with E-state index in [1.165, 1.54) is 48.8 Å². The molecule has 188 valence electrons. The van der Waals surface area contributed by atoms with Crippen molar-refractivity contribution in [3.63, 3.8) is 0 Å². The third kappa shape index (κ3) is 7.73. The predicted octanol–water partition coefficient (Wildman–Crippen LogP) is 5.45. The molecule has 6 nitrogen and oxygen atoms in total. The molecule has 11 heteroatoms. The van der Waals surface area contributed by atoms with Gasteiger partial charge in [-0.3, -0.25) is 4.79 Å². The van der Waals surface area contributed by atoms with Crippen molar-refractivity contribution in [3.05, 3.63) is 86.3 Å². The highest BCUT2D eigenvalue weighted by Gasteiger charge is 2.30. The number of nitrogens with zero attached hydrogens (tertiary/aromatic N) is 2. The first-order chi connectivity index (χ1) is 16.7. The van der Waals surface area contributed by atoms with Crippen molar-refractivity contribution < 1.29 is 22.3 Å². The first-order valence-electron chi connectivity index (χ1n) is 10.7. The van der Waals surface area contributed by atoms with Gasteiger partial charge in [-0.15, -0.1) is 11.3 Å². The Morgan fingerprint density at radius 1 is 1.09 bits per heavy atom. The molecule has 1 amide bonds. The Balaban J connectivity index is 1.89. The molecule has 0 fully saturated rings. The van der Waals surface area contributed by atoms with Crippen LogP contribution >= 0.6 is 34.5 Å². The second kappa shape index (κ2) is 12.8. The number of hydrogen-bond acceptors (Lipinski definition) is 5. The van der Waals surface area contributed by atoms with Crippen molar-refractivity contribution >= 4 is 50.5 Å². The van der Waals surface area contributed by atoms with Gasteiger partial charge < -0.3 is 9.64 Å². The first-order valence-corrected chi connectivity index (χ1v) is 13.8. The van der Waals surface area contributed by atoms with Gasteiger partial charge in [0.2, 0.25) is 15.9 Å². The number of halogens is 3. The number of rotatable bonds is 12. The molecule has 0 saturated heterocycles. The lowest BCUT2D eigenvalue weighted by Crippen LogP contribution is -2.43. The molecule has 0 aliphatic carbocycles. The standard InChI is InChI=1S/C24H25Cl2FN2O4S2/c1-33-12-3-11-29(35(31,32)23-14-19(25)7-10-22(23)26)17-24(30)28(16-21-4-2-13-34-21)15-18-5-8-20(27)9-6-18/h2,4-10,13-14H,3,11-12,15-17H2,1H3. The average Bonchev–Trinajstić information content (AvgIpc) is 3.34. The summed E-state index contributed by atoms with van der Waals surface area (Å²) in [5.74, 6) is -0.777. The molecule has 0 saturated carbocycles. The lowest BCUT2D eigenvalue weighted by molar-refractivity contribution is -0.132. The van der Waals surface area contributed by atoms with Gasteiger partial charge in [-0.05, 0) is 53.8 Å². The van der Waals surface area contributed by atoms with Gasteiger partial charge >= 0.3 is 0 Å². The van der Waals surface area contributed by atoms with Gasteiger partial charge in [0.15, 0.2) is 0 Å². The van der Waals surface area contributed by atoms with Crippen LogP contribution in [0.25, 0.3) is 0 Å². The van der Waals surface area contributed by atoms with E-state index in [0.29, 0.717) is 13.0 Å². The highest BCUT2D eigenvalue weighted by atomic mass is 35.5. The van der Waals surface area contributed by atoms with Crippen LogP contribution in [0.15, 0.2) is 64.9 Å². The average molecular weight is 560 g/mol. The van der Waals surface area contributed by atoms with E-state index in [-0.39, 0.29) is 40.4 Å². The predicted molar refractivity (Wildman–Crippen MR) is 137 cm³/mol. The maximum absolute atomic E-state index is 13.5. The molecule has 2 aromatic carbocycles. The first kappa shape index (κ1) is 27.6. The van der Waals surface area contributed by atoms with Gasteiger partial charge in [0.25, 0.3) is 0 Å². The summed E-state index contributed by atoms with van der Waals surface area (Å²) in [7, 11) is -2.62. The van der Waals surface area contributed by atoms with Crippen molar-refractivity contribution in [1.82, 2.24) is 9.21 Å². The van der Waals surface area contributed by atoms with Crippen molar-refractivity contribution in [3.8, 4) is 0 Å². The maximum atomic E-state index is 13.5. The van der Waals surface area contributed by atoms with Crippen LogP contribution in [0.4, 0.5) is 4.39 Å². The molecule has 3 rings (SSSR count). The van der Waals surface area contributed by atoms with Gasteiger partial charge in [-0.1, -0.05) is 41.4 Å². The molecule has 0 radical (unpaired) electrons. The lowest BCUT2D eigenvalue weighted by Gasteiger charge is -2.27. The molecular formula is C24H25Cl2FN2O4S2. The lowest BCUT2D eigenvalue weighted by atomic mass is 10.2. The zero-order valence-electron chi connectivity index (χ0n) is 19.0. The summed E-state index contributed by atoms with van der Waals surface area (Å²) < 4.78 is 46.5. The monoisotopic (exact) mass is 558 g/mol. The largest absolute Gasteiger partial charge is 0.385 e. The van der Waals surface area contributed by atoms with E-state index >= 15 is 0 Å². The van der Waals surface area contributed by atoms with Crippen molar-refractivity contribution in [2.24, 2.45) is 0 Å². The number of amides is 1. The molecule has 0 unspecified atom stereocenters. The Kier molecular flexibility index (Phi) is 10.1. The summed E-state index contributed by atoms with van der Waals surface area (Å²) in [5.41, 5.74) is 0.725. The van der Waals surface area contributed by atoms with Crippen LogP contribution in [-0.4, -0.2) is 50.3 Å². The third-order valence-corrected chi connectivity index (χ3v) is 8.57. The van der Waals surface area contributed by atoms with Crippen LogP contribution in [0.2, 0.25) is 10.0 Å². The maximum Gasteiger partial charge on any atom is 0.245 e. The number of ether oxygens (including phenoxy) is 1. The van der Waals surface area contributed by atoms with E-state index < -0.39 is 22.5 Å². The number of thiophene rings is 1. The molecule has 0 aliphatic rings. The van der Waals surface area contributed by atoms with Gasteiger partial charge in [-0.2, -0.15) is 4.31 Å². The fraction of sp³-hybridized carbons (Fsp3) is 0.292. The number of hydrogen-bond donors (Lipinski definition) is 0. The Morgan fingerprint density at radius 2 is 1.83 bits per heavy atom. The second-order valence-electron chi connectivity index (χ2n) is 7.72. The number of benzene rings is 2. The topological polar surface area (TPSA) is 66.9 Å². The van der Waals surface area contributed by atoms with E-state index in [2.05, 4.69) is 0 Å². The minimum absolute atomic E-state index is 0.0142. The number of carbonyl (C=O) groups is 1. The van der Waals surface area contributed by atoms with Crippen LogP contribution in [-0.2, 0) is 32.6 Å². The van der Waals surface area contributed by atoms with Crippen molar-refractivity contribution in [2.45, 2.75) is 24.4 Å². The molecule has 1 aromatic heterocycles. The highest BCUT2D eigenvalue weighted by Crippen LogP contribution is 2.28. The van der Waals surface area contributed by atoms with E-state index in [1.54, 1.807) is 17.0 Å². The van der Waals surface area contributed by atoms with Crippen LogP contribution in [0.3, 0.4) is 0 Å². The van der Waals surface area contributed by atoms with Crippen LogP contribution in [0.1, 0.15) is 16.9 Å². The SMILES string of the molecule is COCCCN(CC(=O)N(Cc1ccc(F)cc1)Cc1cccs1)S(=O)(=O)c1cc(Cl)ccc1Cl. The zero-order valence-corrected chi connectivity index (χ0v) is 22.1. The molecule has 0 N–H and O–H groups in total. The van der Waals surface area contributed by atoms with Gasteiger partial charge in [0, 0.05) is 36.7 Å². The zero-order chi connectivity index (χ0) is 25.4. The summed E-state index contributed by atoms with van der Waals surface area (Å²) in [6, 6.07) is 13.8. The van der Waals surface area contributed by atoms with E-state index in [0.717, 1.165) is 14.7 Å². The normalized spacial score (nSPS) is 11.7. The number of sulfonamides is 1. The Hall–Kier alpha value is -2.01. The number of carbonyl (C=O) groups excluding carboxylic acids is 1. The molecule has 1 heterocycles. The van der Waals surface area contributed by atoms with Crippen molar-refractivity contribution in [2.75, 3.05) is 26.8 Å². The fourth-order valence-electron chi connectivity index (χ4n) is 3.37. The highest BCUT2D eigenvalue weighted by molar-refractivity contribution is 7.89. The molecule has 0 spiro atoms. The van der Waals surface area contributed by atoms with Crippen LogP contribution in [0, 0.1) is 5.82 Å². The quantitative estimate of drug-likeness (QED) is 0.277. The summed E-state index contributed by atoms with van der Waals surface area (Å²) >= 11 is 13.7. The molecule has 35 heavy (non-hydrogen) atoms. The molecule has 0 aliphatic heterocycles. The molecular weight excluding hydrogens is 534 g/mol. The smallest absolute Gasteiger partial charge is 0.245 e. The number of methoxy groups -OCH3 is 1. The van der Waals surface area contributed by atoms with Gasteiger partial charge in [0.05, 0.1) is 18.1 Å². The summed E-state index contributed by atoms with van der Waals surface area (Å²) in [6.45, 7) is 0.451.